The summed E-state index contributed by atoms with van der Waals surface area (Å²) in [6.07, 6.45) is 3.79. The van der Waals surface area contributed by atoms with Gasteiger partial charge in [-0.05, 0) is 37.4 Å². The number of anilines is 1. The molecule has 1 saturated heterocycles. The lowest BCUT2D eigenvalue weighted by molar-refractivity contribution is 0.313. The van der Waals surface area contributed by atoms with E-state index >= 15 is 0 Å². The maximum absolute atomic E-state index is 5.45. The molecular formula is C22H24N6O. The number of rotatable bonds is 4. The molecule has 0 unspecified atom stereocenters. The number of nitrogens with one attached hydrogen (secondary N) is 1. The number of hydrogen-bond acceptors (Lipinski definition) is 5. The van der Waals surface area contributed by atoms with E-state index in [0.29, 0.717) is 0 Å². The highest BCUT2D eigenvalue weighted by Crippen LogP contribution is 2.27. The Labute approximate surface area is 169 Å². The van der Waals surface area contributed by atoms with Gasteiger partial charge in [0.1, 0.15) is 17.3 Å². The van der Waals surface area contributed by atoms with Crippen molar-refractivity contribution in [3.8, 4) is 22.8 Å². The molecule has 0 spiro atoms. The highest BCUT2D eigenvalue weighted by atomic mass is 16.5. The molecule has 1 aliphatic rings. The van der Waals surface area contributed by atoms with Crippen LogP contribution in [0.15, 0.2) is 54.9 Å². The Morgan fingerprint density at radius 3 is 2.69 bits per heavy atom. The van der Waals surface area contributed by atoms with Gasteiger partial charge in [-0.3, -0.25) is 0 Å². The Morgan fingerprint density at radius 1 is 1.03 bits per heavy atom. The fraction of sp³-hybridized carbons (Fsp3) is 0.273. The minimum Gasteiger partial charge on any atom is -0.494 e. The van der Waals surface area contributed by atoms with Crippen molar-refractivity contribution in [2.45, 2.75) is 0 Å². The van der Waals surface area contributed by atoms with E-state index in [4.69, 9.17) is 9.72 Å². The normalized spacial score (nSPS) is 15.2. The molecule has 0 bridgehead atoms. The van der Waals surface area contributed by atoms with Gasteiger partial charge in [-0.1, -0.05) is 12.1 Å². The maximum Gasteiger partial charge on any atom is 0.144 e. The lowest BCUT2D eigenvalue weighted by atomic mass is 10.2. The van der Waals surface area contributed by atoms with Gasteiger partial charge in [0.05, 0.1) is 29.9 Å². The van der Waals surface area contributed by atoms with Crippen LogP contribution in [0.1, 0.15) is 0 Å². The average Bonchev–Trinajstić information content (AvgIpc) is 3.41. The summed E-state index contributed by atoms with van der Waals surface area (Å²) in [5.74, 6) is 1.60. The number of H-pyrrole nitrogens is 1. The molecule has 3 heterocycles. The van der Waals surface area contributed by atoms with Crippen LogP contribution >= 0.6 is 0 Å². The second-order valence-electron chi connectivity index (χ2n) is 7.42. The maximum atomic E-state index is 5.45. The Hall–Kier alpha value is -3.32. The van der Waals surface area contributed by atoms with Gasteiger partial charge in [0.25, 0.3) is 0 Å². The minimum absolute atomic E-state index is 0.781. The fourth-order valence-corrected chi connectivity index (χ4v) is 3.79. The van der Waals surface area contributed by atoms with Crippen LogP contribution in [0.3, 0.4) is 0 Å². The molecule has 2 aromatic carbocycles. The molecule has 5 rings (SSSR count). The SMILES string of the molecule is COc1ccccc1-n1cc(-c2nc3ccc(N4CCN(C)CC4)cc3[nH]2)cn1. The number of ether oxygens (including phenoxy) is 1. The van der Waals surface area contributed by atoms with Crippen molar-refractivity contribution in [1.29, 1.82) is 0 Å². The van der Waals surface area contributed by atoms with Gasteiger partial charge in [0.15, 0.2) is 0 Å². The molecule has 0 atom stereocenters. The quantitative estimate of drug-likeness (QED) is 0.582. The van der Waals surface area contributed by atoms with E-state index in [9.17, 15) is 0 Å². The van der Waals surface area contributed by atoms with E-state index in [2.05, 4.69) is 45.1 Å². The molecule has 0 amide bonds. The first-order chi connectivity index (χ1) is 14.2. The van der Waals surface area contributed by atoms with Crippen molar-refractivity contribution in [3.63, 3.8) is 0 Å². The summed E-state index contributed by atoms with van der Waals surface area (Å²) in [5.41, 5.74) is 5.08. The molecule has 29 heavy (non-hydrogen) atoms. The lowest BCUT2D eigenvalue weighted by Gasteiger charge is -2.34. The Kier molecular flexibility index (Phi) is 4.44. The minimum atomic E-state index is 0.781. The molecule has 1 fully saturated rings. The van der Waals surface area contributed by atoms with E-state index in [-0.39, 0.29) is 0 Å². The molecule has 1 N–H and O–H groups in total. The van der Waals surface area contributed by atoms with Gasteiger partial charge < -0.3 is 19.5 Å². The number of fused-ring (bicyclic) bond motifs is 1. The zero-order chi connectivity index (χ0) is 19.8. The van der Waals surface area contributed by atoms with Crippen LogP contribution in [-0.2, 0) is 0 Å². The van der Waals surface area contributed by atoms with Crippen LogP contribution < -0.4 is 9.64 Å². The number of methoxy groups -OCH3 is 1. The molecule has 4 aromatic rings. The molecule has 0 saturated carbocycles. The predicted molar refractivity (Wildman–Crippen MR) is 115 cm³/mol. The third-order valence-electron chi connectivity index (χ3n) is 5.52. The van der Waals surface area contributed by atoms with Crippen LogP contribution in [-0.4, -0.2) is 65.0 Å². The third-order valence-corrected chi connectivity index (χ3v) is 5.52. The zero-order valence-electron chi connectivity index (χ0n) is 16.7. The molecule has 148 valence electrons. The first-order valence-electron chi connectivity index (χ1n) is 9.83. The van der Waals surface area contributed by atoms with Crippen molar-refractivity contribution in [3.05, 3.63) is 54.9 Å². The number of nitrogens with zero attached hydrogens (tertiary/aromatic N) is 5. The third kappa shape index (κ3) is 3.34. The van der Waals surface area contributed by atoms with Crippen molar-refractivity contribution in [2.24, 2.45) is 0 Å². The number of likely N-dealkylation sites (N-methyl/N-ethyl adjacent to an activating group) is 1. The lowest BCUT2D eigenvalue weighted by Crippen LogP contribution is -2.44. The van der Waals surface area contributed by atoms with Crippen LogP contribution in [0.2, 0.25) is 0 Å². The number of aromatic nitrogens is 4. The average molecular weight is 388 g/mol. The number of benzene rings is 2. The first-order valence-corrected chi connectivity index (χ1v) is 9.83. The summed E-state index contributed by atoms with van der Waals surface area (Å²) >= 11 is 0. The number of imidazole rings is 1. The van der Waals surface area contributed by atoms with Crippen molar-refractivity contribution < 1.29 is 4.74 Å². The molecule has 7 heteroatoms. The number of aromatic amines is 1. The van der Waals surface area contributed by atoms with Gasteiger partial charge in [-0.2, -0.15) is 5.10 Å². The van der Waals surface area contributed by atoms with E-state index in [0.717, 1.165) is 60.0 Å². The van der Waals surface area contributed by atoms with Gasteiger partial charge >= 0.3 is 0 Å². The molecular weight excluding hydrogens is 364 g/mol. The Morgan fingerprint density at radius 2 is 1.86 bits per heavy atom. The van der Waals surface area contributed by atoms with Crippen molar-refractivity contribution in [2.75, 3.05) is 45.2 Å². The van der Waals surface area contributed by atoms with Gasteiger partial charge in [-0.25, -0.2) is 9.67 Å². The molecule has 2 aromatic heterocycles. The van der Waals surface area contributed by atoms with E-state index in [1.807, 2.05) is 41.3 Å². The summed E-state index contributed by atoms with van der Waals surface area (Å²) in [5, 5.41) is 4.50. The molecule has 7 nitrogen and oxygen atoms in total. The highest BCUT2D eigenvalue weighted by Gasteiger charge is 2.16. The second kappa shape index (κ2) is 7.25. The summed E-state index contributed by atoms with van der Waals surface area (Å²) in [6.45, 7) is 4.28. The largest absolute Gasteiger partial charge is 0.494 e. The van der Waals surface area contributed by atoms with E-state index in [1.165, 1.54) is 5.69 Å². The van der Waals surface area contributed by atoms with Crippen LogP contribution in [0.4, 0.5) is 5.69 Å². The van der Waals surface area contributed by atoms with Crippen molar-refractivity contribution in [1.82, 2.24) is 24.6 Å². The van der Waals surface area contributed by atoms with Gasteiger partial charge in [-0.15, -0.1) is 0 Å². The highest BCUT2D eigenvalue weighted by molar-refractivity contribution is 5.82. The molecule has 0 aliphatic carbocycles. The van der Waals surface area contributed by atoms with Crippen LogP contribution in [0.5, 0.6) is 5.75 Å². The smallest absolute Gasteiger partial charge is 0.144 e. The second-order valence-corrected chi connectivity index (χ2v) is 7.42. The zero-order valence-corrected chi connectivity index (χ0v) is 16.7. The fourth-order valence-electron chi connectivity index (χ4n) is 3.79. The summed E-state index contributed by atoms with van der Waals surface area (Å²) in [7, 11) is 3.84. The topological polar surface area (TPSA) is 62.2 Å². The molecule has 1 aliphatic heterocycles. The van der Waals surface area contributed by atoms with E-state index < -0.39 is 0 Å². The molecule has 0 radical (unpaired) electrons. The first kappa shape index (κ1) is 17.8. The van der Waals surface area contributed by atoms with E-state index in [1.54, 1.807) is 7.11 Å². The standard InChI is InChI=1S/C22H24N6O/c1-26-9-11-27(12-10-26)17-7-8-18-19(13-17)25-22(24-18)16-14-23-28(15-16)20-5-3-4-6-21(20)29-2/h3-8,13-15H,9-12H2,1-2H3,(H,24,25). The Balaban J connectivity index is 1.45. The van der Waals surface area contributed by atoms with Gasteiger partial charge in [0, 0.05) is 38.1 Å². The number of hydrogen-bond donors (Lipinski definition) is 1. The van der Waals surface area contributed by atoms with Gasteiger partial charge in [0.2, 0.25) is 0 Å². The summed E-state index contributed by atoms with van der Waals surface area (Å²) < 4.78 is 7.26. The summed E-state index contributed by atoms with van der Waals surface area (Å²) in [4.78, 5) is 13.0. The number of para-hydroxylation sites is 2. The Bertz CT molecular complexity index is 1140. The van der Waals surface area contributed by atoms with Crippen molar-refractivity contribution >= 4 is 16.7 Å². The predicted octanol–water partition coefficient (Wildman–Crippen LogP) is 3.18. The number of piperazine rings is 1. The summed E-state index contributed by atoms with van der Waals surface area (Å²) in [6, 6.07) is 14.3. The van der Waals surface area contributed by atoms with Crippen LogP contribution in [0.25, 0.3) is 28.1 Å². The monoisotopic (exact) mass is 388 g/mol. The van der Waals surface area contributed by atoms with Crippen LogP contribution in [0, 0.1) is 0 Å².